The fourth-order valence-electron chi connectivity index (χ4n) is 7.72. The zero-order valence-electron chi connectivity index (χ0n) is 12.9. The van der Waals surface area contributed by atoms with E-state index in [1.54, 1.807) is 25.7 Å². The van der Waals surface area contributed by atoms with Crippen molar-refractivity contribution in [2.45, 2.75) is 71.1 Å². The Bertz CT molecular complexity index is 468. The molecule has 20 heavy (non-hydrogen) atoms. The van der Waals surface area contributed by atoms with Gasteiger partial charge in [-0.3, -0.25) is 4.79 Å². The summed E-state index contributed by atoms with van der Waals surface area (Å²) in [6.07, 6.45) is 13.5. The van der Waals surface area contributed by atoms with Crippen LogP contribution < -0.4 is 0 Å². The van der Waals surface area contributed by atoms with Gasteiger partial charge in [-0.15, -0.1) is 0 Å². The smallest absolute Gasteiger partial charge is 0.133 e. The van der Waals surface area contributed by atoms with Gasteiger partial charge in [-0.05, 0) is 91.8 Å². The molecule has 0 bridgehead atoms. The number of carbonyl (C=O) groups excluding carboxylic acids is 1. The Kier molecular flexibility index (Phi) is 2.27. The van der Waals surface area contributed by atoms with Crippen LogP contribution in [0.5, 0.6) is 0 Å². The van der Waals surface area contributed by atoms with Crippen molar-refractivity contribution in [1.82, 2.24) is 0 Å². The Hall–Kier alpha value is -0.330. The molecule has 5 aliphatic carbocycles. The van der Waals surface area contributed by atoms with E-state index in [0.717, 1.165) is 47.8 Å². The van der Waals surface area contributed by atoms with E-state index in [9.17, 15) is 4.79 Å². The fraction of sp³-hybridized carbons (Fsp3) is 0.947. The lowest BCUT2D eigenvalue weighted by atomic mass is 9.46. The predicted octanol–water partition coefficient (Wildman–Crippen LogP) is 4.60. The molecule has 0 aliphatic heterocycles. The summed E-state index contributed by atoms with van der Waals surface area (Å²) in [5, 5.41) is 0. The first-order valence-electron chi connectivity index (χ1n) is 9.15. The highest BCUT2D eigenvalue weighted by atomic mass is 16.1. The summed E-state index contributed by atoms with van der Waals surface area (Å²) in [4.78, 5) is 11.9. The van der Waals surface area contributed by atoms with Crippen LogP contribution in [-0.2, 0) is 4.79 Å². The number of ketones is 1. The summed E-state index contributed by atoms with van der Waals surface area (Å²) in [5.74, 6) is 5.50. The number of Topliss-reactive ketones (excluding diaryl/α,β-unsaturated/α-hetero) is 1. The minimum absolute atomic E-state index is 0.519. The van der Waals surface area contributed by atoms with Crippen molar-refractivity contribution in [2.24, 2.45) is 40.4 Å². The van der Waals surface area contributed by atoms with Gasteiger partial charge in [0.1, 0.15) is 5.78 Å². The van der Waals surface area contributed by atoms with Gasteiger partial charge in [0.05, 0.1) is 0 Å². The minimum Gasteiger partial charge on any atom is -0.300 e. The third kappa shape index (κ3) is 1.33. The molecule has 0 aromatic rings. The van der Waals surface area contributed by atoms with Crippen LogP contribution in [0.15, 0.2) is 0 Å². The van der Waals surface area contributed by atoms with Crippen LogP contribution in [0.3, 0.4) is 0 Å². The van der Waals surface area contributed by atoms with Crippen molar-refractivity contribution >= 4 is 5.78 Å². The molecule has 0 heterocycles. The van der Waals surface area contributed by atoms with Gasteiger partial charge < -0.3 is 0 Å². The lowest BCUT2D eigenvalue weighted by Gasteiger charge is -2.58. The Labute approximate surface area is 122 Å². The Morgan fingerprint density at radius 1 is 0.950 bits per heavy atom. The van der Waals surface area contributed by atoms with E-state index in [2.05, 4.69) is 6.92 Å². The van der Waals surface area contributed by atoms with Crippen LogP contribution >= 0.6 is 0 Å². The van der Waals surface area contributed by atoms with E-state index in [4.69, 9.17) is 0 Å². The zero-order valence-corrected chi connectivity index (χ0v) is 12.9. The van der Waals surface area contributed by atoms with E-state index >= 15 is 0 Å². The normalized spacial score (nSPS) is 60.2. The predicted molar refractivity (Wildman–Crippen MR) is 79.2 cm³/mol. The molecule has 0 aromatic heterocycles. The monoisotopic (exact) mass is 272 g/mol. The van der Waals surface area contributed by atoms with Gasteiger partial charge in [0.15, 0.2) is 0 Å². The molecule has 0 N–H and O–H groups in total. The molecule has 0 saturated heterocycles. The Morgan fingerprint density at radius 3 is 2.65 bits per heavy atom. The van der Waals surface area contributed by atoms with Gasteiger partial charge in [0, 0.05) is 12.8 Å². The van der Waals surface area contributed by atoms with Crippen LogP contribution in [0.25, 0.3) is 0 Å². The first-order chi connectivity index (χ1) is 9.63. The lowest BCUT2D eigenvalue weighted by molar-refractivity contribution is -0.135. The highest BCUT2D eigenvalue weighted by Gasteiger charge is 2.68. The first-order valence-corrected chi connectivity index (χ1v) is 9.15. The largest absolute Gasteiger partial charge is 0.300 e. The SMILES string of the molecule is C[C@]12CCC(=O)CC1CCC1C2CC[C@]23CC2CCC13. The molecule has 110 valence electrons. The molecule has 5 fully saturated rings. The highest BCUT2D eigenvalue weighted by molar-refractivity contribution is 5.79. The van der Waals surface area contributed by atoms with Gasteiger partial charge in [-0.2, -0.15) is 0 Å². The van der Waals surface area contributed by atoms with Gasteiger partial charge in [-0.1, -0.05) is 6.92 Å². The quantitative estimate of drug-likeness (QED) is 0.630. The molecule has 5 saturated carbocycles. The molecule has 5 rings (SSSR count). The van der Waals surface area contributed by atoms with E-state index < -0.39 is 0 Å². The standard InChI is InChI=1S/C19H28O/c1-18-8-6-14(20)10-12(18)2-4-15-16(18)7-9-19-11-13(19)3-5-17(15)19/h12-13,15-17H,2-11H2,1H3/t12?,13?,15?,16?,17?,18-,19-/m0/s1. The van der Waals surface area contributed by atoms with Gasteiger partial charge in [0.25, 0.3) is 0 Å². The minimum atomic E-state index is 0.519. The second-order valence-corrected chi connectivity index (χ2v) is 9.15. The van der Waals surface area contributed by atoms with E-state index in [-0.39, 0.29) is 0 Å². The molecular weight excluding hydrogens is 244 g/mol. The van der Waals surface area contributed by atoms with Gasteiger partial charge in [-0.25, -0.2) is 0 Å². The van der Waals surface area contributed by atoms with Crippen LogP contribution in [0, 0.1) is 40.4 Å². The summed E-state index contributed by atoms with van der Waals surface area (Å²) in [5.41, 5.74) is 1.36. The molecule has 0 aromatic carbocycles. The third-order valence-electron chi connectivity index (χ3n) is 8.84. The summed E-state index contributed by atoms with van der Waals surface area (Å²) in [6, 6.07) is 0. The molecule has 0 radical (unpaired) electrons. The van der Waals surface area contributed by atoms with Crippen molar-refractivity contribution in [1.29, 1.82) is 0 Å². The van der Waals surface area contributed by atoms with Gasteiger partial charge in [0.2, 0.25) is 0 Å². The maximum absolute atomic E-state index is 11.9. The number of carbonyl (C=O) groups is 1. The van der Waals surface area contributed by atoms with Gasteiger partial charge >= 0.3 is 0 Å². The summed E-state index contributed by atoms with van der Waals surface area (Å²) in [7, 11) is 0. The molecule has 1 spiro atoms. The molecular formula is C19H28O. The van der Waals surface area contributed by atoms with Crippen LogP contribution in [0.4, 0.5) is 0 Å². The second-order valence-electron chi connectivity index (χ2n) is 9.15. The maximum Gasteiger partial charge on any atom is 0.133 e. The van der Waals surface area contributed by atoms with Crippen molar-refractivity contribution in [3.05, 3.63) is 0 Å². The third-order valence-corrected chi connectivity index (χ3v) is 8.84. The molecule has 1 heteroatoms. The van der Waals surface area contributed by atoms with Crippen LogP contribution in [0.1, 0.15) is 71.1 Å². The summed E-state index contributed by atoms with van der Waals surface area (Å²) >= 11 is 0. The molecule has 5 unspecified atom stereocenters. The molecule has 7 atom stereocenters. The van der Waals surface area contributed by atoms with Crippen molar-refractivity contribution in [2.75, 3.05) is 0 Å². The average molecular weight is 272 g/mol. The number of fused-ring (bicyclic) bond motifs is 4. The molecule has 5 aliphatic rings. The maximum atomic E-state index is 11.9. The first kappa shape index (κ1) is 12.2. The topological polar surface area (TPSA) is 17.1 Å². The van der Waals surface area contributed by atoms with E-state index in [0.29, 0.717) is 11.2 Å². The zero-order chi connectivity index (χ0) is 13.5. The number of rotatable bonds is 0. The lowest BCUT2D eigenvalue weighted by Crippen LogP contribution is -2.51. The van der Waals surface area contributed by atoms with E-state index in [1.165, 1.54) is 25.7 Å². The van der Waals surface area contributed by atoms with Crippen molar-refractivity contribution in [3.8, 4) is 0 Å². The highest BCUT2D eigenvalue weighted by Crippen LogP contribution is 2.76. The summed E-state index contributed by atoms with van der Waals surface area (Å²) < 4.78 is 0. The molecule has 0 amide bonds. The van der Waals surface area contributed by atoms with Crippen molar-refractivity contribution in [3.63, 3.8) is 0 Å². The summed E-state index contributed by atoms with van der Waals surface area (Å²) in [6.45, 7) is 2.57. The Balaban J connectivity index is 1.47. The Morgan fingerprint density at radius 2 is 1.80 bits per heavy atom. The number of hydrogen-bond acceptors (Lipinski definition) is 1. The molecule has 1 nitrogen and oxygen atoms in total. The second kappa shape index (κ2) is 3.70. The van der Waals surface area contributed by atoms with Crippen LogP contribution in [0.2, 0.25) is 0 Å². The average Bonchev–Trinajstić information content (AvgIpc) is 3.01. The van der Waals surface area contributed by atoms with Crippen LogP contribution in [-0.4, -0.2) is 5.78 Å². The fourth-order valence-corrected chi connectivity index (χ4v) is 7.72. The van der Waals surface area contributed by atoms with Crippen molar-refractivity contribution < 1.29 is 4.79 Å². The number of hydrogen-bond donors (Lipinski definition) is 0. The van der Waals surface area contributed by atoms with E-state index in [1.807, 2.05) is 0 Å².